The first kappa shape index (κ1) is 37.1. The highest BCUT2D eigenvalue weighted by Crippen LogP contribution is 2.67. The topological polar surface area (TPSA) is 105 Å². The maximum absolute atomic E-state index is 10.8. The van der Waals surface area contributed by atoms with E-state index in [1.54, 1.807) is 5.57 Å². The number of rotatable bonds is 13. The van der Waals surface area contributed by atoms with Gasteiger partial charge in [0.05, 0.1) is 18.2 Å². The van der Waals surface area contributed by atoms with Crippen LogP contribution in [0.15, 0.2) is 11.6 Å². The third-order valence-electron chi connectivity index (χ3n) is 14.2. The van der Waals surface area contributed by atoms with Crippen LogP contribution in [0.4, 0.5) is 0 Å². The summed E-state index contributed by atoms with van der Waals surface area (Å²) < 4.78 is 12.7. The smallest absolute Gasteiger partial charge is 0.129 e. The molecule has 0 amide bonds. The second kappa shape index (κ2) is 15.4. The predicted molar refractivity (Wildman–Crippen MR) is 189 cm³/mol. The summed E-state index contributed by atoms with van der Waals surface area (Å²) in [7, 11) is 0. The number of aliphatic hydroxyl groups excluding tert-OH is 3. The van der Waals surface area contributed by atoms with Crippen molar-refractivity contribution in [2.24, 2.45) is 52.1 Å². The average molecular weight is 664 g/mol. The van der Waals surface area contributed by atoms with E-state index in [-0.39, 0.29) is 17.6 Å². The third kappa shape index (κ3) is 7.32. The van der Waals surface area contributed by atoms with E-state index in [0.717, 1.165) is 80.5 Å². The fraction of sp³-hybridized carbons (Fsp3) is 0.949. The second-order valence-corrected chi connectivity index (χ2v) is 17.9. The van der Waals surface area contributed by atoms with Crippen LogP contribution < -0.4 is 5.73 Å². The van der Waals surface area contributed by atoms with Crippen LogP contribution in [-0.4, -0.2) is 63.4 Å². The number of hydrogen-bond donors (Lipinski definition) is 5. The molecule has 5 N–H and O–H groups in total. The molecule has 4 aliphatic carbocycles. The van der Waals surface area contributed by atoms with Gasteiger partial charge in [-0.1, -0.05) is 91.7 Å². The SMILES string of the molecule is CCCCCC(OC1CC[C@@]2(C)C(=CC[C@H]3[C@@H]4CC[C@H]([C@H](C)CCCC(C)C)[C@@]4(C)CC[C@@H]32)C1)C(N)[C@H]1O[C@@H](S)[C@@H](O)[C@@H](O)[C@@H]1O. The van der Waals surface area contributed by atoms with E-state index in [1.807, 2.05) is 0 Å². The fourth-order valence-electron chi connectivity index (χ4n) is 11.4. The van der Waals surface area contributed by atoms with Crippen molar-refractivity contribution in [1.29, 1.82) is 0 Å². The van der Waals surface area contributed by atoms with Crippen molar-refractivity contribution in [3.05, 3.63) is 11.6 Å². The predicted octanol–water partition coefficient (Wildman–Crippen LogP) is 7.43. The van der Waals surface area contributed by atoms with Crippen LogP contribution in [-0.2, 0) is 9.47 Å². The van der Waals surface area contributed by atoms with Gasteiger partial charge in [0.1, 0.15) is 29.9 Å². The summed E-state index contributed by atoms with van der Waals surface area (Å²) in [5.41, 5.74) is 8.25. The third-order valence-corrected chi connectivity index (χ3v) is 14.6. The minimum atomic E-state index is -1.35. The van der Waals surface area contributed by atoms with Crippen LogP contribution in [0.5, 0.6) is 0 Å². The molecule has 7 heteroatoms. The van der Waals surface area contributed by atoms with Gasteiger partial charge in [-0.15, -0.1) is 12.6 Å². The first-order valence-electron chi connectivity index (χ1n) is 19.3. The molecule has 3 saturated carbocycles. The molecule has 0 aromatic carbocycles. The molecule has 0 aromatic heterocycles. The highest BCUT2D eigenvalue weighted by molar-refractivity contribution is 7.80. The van der Waals surface area contributed by atoms with Crippen LogP contribution in [0.25, 0.3) is 0 Å². The lowest BCUT2D eigenvalue weighted by molar-refractivity contribution is -0.212. The molecule has 1 aliphatic heterocycles. The Morgan fingerprint density at radius 2 is 1.70 bits per heavy atom. The number of ether oxygens (including phenoxy) is 2. The molecule has 15 atom stereocenters. The lowest BCUT2D eigenvalue weighted by Crippen LogP contribution is -2.63. The average Bonchev–Trinajstić information content (AvgIpc) is 3.38. The Hall–Kier alpha value is -0.150. The molecular formula is C39H69NO5S. The number of aliphatic hydroxyl groups is 3. The highest BCUT2D eigenvalue weighted by atomic mass is 32.1. The number of hydrogen-bond acceptors (Lipinski definition) is 7. The molecule has 3 unspecified atom stereocenters. The van der Waals surface area contributed by atoms with Gasteiger partial charge in [0, 0.05) is 0 Å². The van der Waals surface area contributed by atoms with Crippen LogP contribution >= 0.6 is 12.6 Å². The Morgan fingerprint density at radius 3 is 2.41 bits per heavy atom. The molecule has 5 rings (SSSR count). The lowest BCUT2D eigenvalue weighted by atomic mass is 9.47. The largest absolute Gasteiger partial charge is 0.388 e. The van der Waals surface area contributed by atoms with Crippen LogP contribution in [0.1, 0.15) is 138 Å². The summed E-state index contributed by atoms with van der Waals surface area (Å²) in [6.45, 7) is 14.7. The zero-order valence-corrected chi connectivity index (χ0v) is 30.8. The number of thiol groups is 1. The van der Waals surface area contributed by atoms with Crippen LogP contribution in [0.2, 0.25) is 0 Å². The molecule has 1 saturated heterocycles. The number of nitrogens with two attached hydrogens (primary N) is 1. The maximum atomic E-state index is 10.8. The zero-order chi connectivity index (χ0) is 33.4. The first-order chi connectivity index (χ1) is 21.8. The van der Waals surface area contributed by atoms with Crippen molar-refractivity contribution in [2.75, 3.05) is 0 Å². The van der Waals surface area contributed by atoms with Gasteiger partial charge in [0.25, 0.3) is 0 Å². The summed E-state index contributed by atoms with van der Waals surface area (Å²) >= 11 is 4.31. The molecular weight excluding hydrogens is 594 g/mol. The standard InChI is InChI=1S/C39H69NO5S/c1-7-8-9-13-31(32(40)36-34(42)33(41)35(43)37(46)45-36)44-26-18-20-38(5)25(22-26)14-15-27-29-17-16-28(24(4)12-10-11-23(2)3)39(29,6)21-19-30(27)38/h14,23-24,26-37,41-43,46H,7-13,15-22,40H2,1-6H3/t24-,26?,27+,28-,29+,30+,31?,32?,33+,34+,35+,36-,37+,38+,39-/m1/s1. The minimum Gasteiger partial charge on any atom is -0.388 e. The van der Waals surface area contributed by atoms with Crippen molar-refractivity contribution in [2.45, 2.75) is 186 Å². The van der Waals surface area contributed by atoms with Gasteiger partial charge in [-0.3, -0.25) is 0 Å². The van der Waals surface area contributed by atoms with E-state index >= 15 is 0 Å². The maximum Gasteiger partial charge on any atom is 0.129 e. The van der Waals surface area contributed by atoms with Gasteiger partial charge in [-0.2, -0.15) is 0 Å². The quantitative estimate of drug-likeness (QED) is 0.0798. The molecule has 4 fully saturated rings. The highest BCUT2D eigenvalue weighted by Gasteiger charge is 2.59. The van der Waals surface area contributed by atoms with E-state index in [1.165, 1.54) is 51.4 Å². The Labute approximate surface area is 286 Å². The first-order valence-corrected chi connectivity index (χ1v) is 19.8. The van der Waals surface area contributed by atoms with E-state index in [9.17, 15) is 15.3 Å². The number of fused-ring (bicyclic) bond motifs is 5. The Bertz CT molecular complexity index is 1020. The van der Waals surface area contributed by atoms with E-state index in [2.05, 4.69) is 60.2 Å². The van der Waals surface area contributed by atoms with E-state index in [0.29, 0.717) is 5.41 Å². The second-order valence-electron chi connectivity index (χ2n) is 17.4. The van der Waals surface area contributed by atoms with Crippen molar-refractivity contribution >= 4 is 12.6 Å². The molecule has 0 spiro atoms. The summed E-state index contributed by atoms with van der Waals surface area (Å²) in [6, 6.07) is -0.624. The Kier molecular flexibility index (Phi) is 12.4. The van der Waals surface area contributed by atoms with Crippen molar-refractivity contribution in [3.8, 4) is 0 Å². The van der Waals surface area contributed by atoms with E-state index in [4.69, 9.17) is 15.2 Å². The van der Waals surface area contributed by atoms with E-state index < -0.39 is 35.9 Å². The van der Waals surface area contributed by atoms with Crippen LogP contribution in [0.3, 0.4) is 0 Å². The van der Waals surface area contributed by atoms with Gasteiger partial charge < -0.3 is 30.5 Å². The fourth-order valence-corrected chi connectivity index (χ4v) is 11.7. The van der Waals surface area contributed by atoms with Gasteiger partial charge in [0.15, 0.2) is 0 Å². The summed E-state index contributed by atoms with van der Waals surface area (Å²) in [5, 5.41) is 31.4. The molecule has 0 bridgehead atoms. The van der Waals surface area contributed by atoms with Crippen molar-refractivity contribution in [3.63, 3.8) is 0 Å². The summed E-state index contributed by atoms with van der Waals surface area (Å²) in [5.74, 6) is 4.98. The molecule has 266 valence electrons. The summed E-state index contributed by atoms with van der Waals surface area (Å²) in [4.78, 5) is 0. The van der Waals surface area contributed by atoms with Gasteiger partial charge in [0.2, 0.25) is 0 Å². The Balaban J connectivity index is 1.25. The molecule has 0 aromatic rings. The van der Waals surface area contributed by atoms with Gasteiger partial charge in [-0.25, -0.2) is 0 Å². The molecule has 1 heterocycles. The van der Waals surface area contributed by atoms with Gasteiger partial charge in [-0.05, 0) is 104 Å². The lowest BCUT2D eigenvalue weighted by Gasteiger charge is -2.58. The molecule has 6 nitrogen and oxygen atoms in total. The molecule has 5 aliphatic rings. The van der Waals surface area contributed by atoms with Crippen molar-refractivity contribution in [1.82, 2.24) is 0 Å². The number of allylic oxidation sites excluding steroid dienone is 1. The number of unbranched alkanes of at least 4 members (excludes halogenated alkanes) is 2. The Morgan fingerprint density at radius 1 is 0.935 bits per heavy atom. The van der Waals surface area contributed by atoms with Crippen LogP contribution in [0, 0.1) is 46.3 Å². The molecule has 46 heavy (non-hydrogen) atoms. The normalized spacial score (nSPS) is 44.6. The minimum absolute atomic E-state index is 0.0907. The zero-order valence-electron chi connectivity index (χ0n) is 29.9. The summed E-state index contributed by atoms with van der Waals surface area (Å²) in [6.07, 6.45) is 15.8. The van der Waals surface area contributed by atoms with Crippen molar-refractivity contribution < 1.29 is 24.8 Å². The van der Waals surface area contributed by atoms with Gasteiger partial charge >= 0.3 is 0 Å². The monoisotopic (exact) mass is 663 g/mol. The molecule has 0 radical (unpaired) electrons.